The Balaban J connectivity index is 2.09. The first kappa shape index (κ1) is 17.8. The summed E-state index contributed by atoms with van der Waals surface area (Å²) >= 11 is 0. The fourth-order valence-corrected chi connectivity index (χ4v) is 2.08. The molecule has 0 radical (unpaired) electrons. The zero-order valence-corrected chi connectivity index (χ0v) is 12.4. The van der Waals surface area contributed by atoms with E-state index in [-0.39, 0.29) is 22.6 Å². The van der Waals surface area contributed by atoms with Crippen LogP contribution in [0.3, 0.4) is 0 Å². The number of carbonyl (C=O) groups is 1. The second-order valence-electron chi connectivity index (χ2n) is 4.86. The van der Waals surface area contributed by atoms with Gasteiger partial charge in [-0.2, -0.15) is 0 Å². The molecule has 0 bridgehead atoms. The topological polar surface area (TPSA) is 35.5 Å². The standard InChI is InChI=1S/C17H14F4O3/c18-15(19)9-11-5-1-3-7-13(11)23-17(22)24-14-8-4-2-6-12(14)10-16(20)21/h1-8,15-16H,9-10H2. The maximum absolute atomic E-state index is 12.5. The van der Waals surface area contributed by atoms with E-state index < -0.39 is 31.8 Å². The van der Waals surface area contributed by atoms with E-state index in [4.69, 9.17) is 9.47 Å². The van der Waals surface area contributed by atoms with Crippen LogP contribution in [-0.4, -0.2) is 19.0 Å². The van der Waals surface area contributed by atoms with Gasteiger partial charge in [0, 0.05) is 24.0 Å². The number of hydrogen-bond acceptors (Lipinski definition) is 3. The molecule has 0 aromatic heterocycles. The van der Waals surface area contributed by atoms with E-state index in [1.165, 1.54) is 48.5 Å². The minimum atomic E-state index is -2.60. The van der Waals surface area contributed by atoms with Crippen molar-refractivity contribution in [3.05, 3.63) is 59.7 Å². The summed E-state index contributed by atoms with van der Waals surface area (Å²) in [4.78, 5) is 11.8. The molecule has 0 fully saturated rings. The molecule has 0 amide bonds. The number of para-hydroxylation sites is 2. The van der Waals surface area contributed by atoms with Crippen molar-refractivity contribution in [1.82, 2.24) is 0 Å². The van der Waals surface area contributed by atoms with Crippen LogP contribution in [0, 0.1) is 0 Å². The summed E-state index contributed by atoms with van der Waals surface area (Å²) in [6.07, 6.45) is -7.54. The normalized spacial score (nSPS) is 10.9. The summed E-state index contributed by atoms with van der Waals surface area (Å²) in [5.41, 5.74) is 0.288. The first-order valence-electron chi connectivity index (χ1n) is 7.07. The highest BCUT2D eigenvalue weighted by Crippen LogP contribution is 2.24. The smallest absolute Gasteiger partial charge is 0.394 e. The molecule has 0 saturated carbocycles. The van der Waals surface area contributed by atoms with Crippen LogP contribution in [0.15, 0.2) is 48.5 Å². The quantitative estimate of drug-likeness (QED) is 0.426. The van der Waals surface area contributed by atoms with E-state index in [0.29, 0.717) is 0 Å². The average molecular weight is 342 g/mol. The molecule has 7 heteroatoms. The summed E-state index contributed by atoms with van der Waals surface area (Å²) in [5, 5.41) is 0. The molecule has 0 aliphatic heterocycles. The van der Waals surface area contributed by atoms with E-state index in [1.807, 2.05) is 0 Å². The van der Waals surface area contributed by atoms with E-state index in [1.54, 1.807) is 0 Å². The molecule has 0 saturated heterocycles. The molecular weight excluding hydrogens is 328 g/mol. The predicted molar refractivity (Wildman–Crippen MR) is 79.0 cm³/mol. The highest BCUT2D eigenvalue weighted by Gasteiger charge is 2.17. The second-order valence-corrected chi connectivity index (χ2v) is 4.86. The summed E-state index contributed by atoms with van der Waals surface area (Å²) in [6, 6.07) is 11.6. The molecule has 0 atom stereocenters. The van der Waals surface area contributed by atoms with Crippen molar-refractivity contribution in [1.29, 1.82) is 0 Å². The number of alkyl halides is 4. The third-order valence-corrected chi connectivity index (χ3v) is 3.08. The van der Waals surface area contributed by atoms with Crippen LogP contribution >= 0.6 is 0 Å². The van der Waals surface area contributed by atoms with Crippen molar-refractivity contribution in [3.8, 4) is 11.5 Å². The Hall–Kier alpha value is -2.57. The summed E-state index contributed by atoms with van der Waals surface area (Å²) in [6.45, 7) is 0. The first-order chi connectivity index (χ1) is 11.5. The monoisotopic (exact) mass is 342 g/mol. The van der Waals surface area contributed by atoms with E-state index in [0.717, 1.165) is 0 Å². The van der Waals surface area contributed by atoms with E-state index in [9.17, 15) is 22.4 Å². The van der Waals surface area contributed by atoms with Gasteiger partial charge >= 0.3 is 6.16 Å². The maximum Gasteiger partial charge on any atom is 0.519 e. The van der Waals surface area contributed by atoms with Gasteiger partial charge in [-0.1, -0.05) is 36.4 Å². The van der Waals surface area contributed by atoms with Crippen LogP contribution in [0.25, 0.3) is 0 Å². The molecule has 2 aromatic carbocycles. The molecule has 128 valence electrons. The molecule has 3 nitrogen and oxygen atoms in total. The number of carbonyl (C=O) groups excluding carboxylic acids is 1. The molecule has 2 aromatic rings. The number of benzene rings is 2. The summed E-state index contributed by atoms with van der Waals surface area (Å²) < 4.78 is 59.9. The molecule has 0 aliphatic carbocycles. The van der Waals surface area contributed by atoms with Crippen LogP contribution in [0.2, 0.25) is 0 Å². The molecule has 0 unspecified atom stereocenters. The second kappa shape index (κ2) is 8.33. The van der Waals surface area contributed by atoms with Gasteiger partial charge in [0.1, 0.15) is 11.5 Å². The van der Waals surface area contributed by atoms with Crippen LogP contribution in [0.4, 0.5) is 22.4 Å². The lowest BCUT2D eigenvalue weighted by atomic mass is 10.1. The summed E-state index contributed by atoms with van der Waals surface area (Å²) in [5.74, 6) is -0.122. The number of hydrogen-bond donors (Lipinski definition) is 0. The number of rotatable bonds is 6. The molecule has 0 heterocycles. The van der Waals surface area contributed by atoms with Gasteiger partial charge in [0.2, 0.25) is 12.9 Å². The Morgan fingerprint density at radius 3 is 1.50 bits per heavy atom. The first-order valence-corrected chi connectivity index (χ1v) is 7.07. The van der Waals surface area contributed by atoms with Gasteiger partial charge in [-0.25, -0.2) is 22.4 Å². The van der Waals surface area contributed by atoms with Gasteiger partial charge in [0.25, 0.3) is 0 Å². The number of ether oxygens (including phenoxy) is 2. The van der Waals surface area contributed by atoms with Gasteiger partial charge in [-0.05, 0) is 12.1 Å². The van der Waals surface area contributed by atoms with Crippen molar-refractivity contribution in [2.75, 3.05) is 0 Å². The lowest BCUT2D eigenvalue weighted by Crippen LogP contribution is -2.16. The van der Waals surface area contributed by atoms with Crippen LogP contribution in [-0.2, 0) is 12.8 Å². The minimum Gasteiger partial charge on any atom is -0.394 e. The van der Waals surface area contributed by atoms with Crippen LogP contribution in [0.1, 0.15) is 11.1 Å². The lowest BCUT2D eigenvalue weighted by molar-refractivity contribution is 0.138. The molecule has 0 aliphatic rings. The third-order valence-electron chi connectivity index (χ3n) is 3.08. The van der Waals surface area contributed by atoms with Crippen LogP contribution < -0.4 is 9.47 Å². The Labute approximate surface area is 135 Å². The SMILES string of the molecule is O=C(Oc1ccccc1CC(F)F)Oc1ccccc1CC(F)F. The van der Waals surface area contributed by atoms with Crippen LogP contribution in [0.5, 0.6) is 11.5 Å². The van der Waals surface area contributed by atoms with Crippen molar-refractivity contribution in [2.24, 2.45) is 0 Å². The fourth-order valence-electron chi connectivity index (χ4n) is 2.08. The zero-order chi connectivity index (χ0) is 17.5. The van der Waals surface area contributed by atoms with Crippen molar-refractivity contribution >= 4 is 6.16 Å². The molecule has 0 N–H and O–H groups in total. The van der Waals surface area contributed by atoms with Gasteiger partial charge in [-0.15, -0.1) is 0 Å². The van der Waals surface area contributed by atoms with Gasteiger partial charge in [0.05, 0.1) is 0 Å². The van der Waals surface area contributed by atoms with Gasteiger partial charge in [-0.3, -0.25) is 0 Å². The third kappa shape index (κ3) is 5.26. The lowest BCUT2D eigenvalue weighted by Gasteiger charge is -2.12. The Morgan fingerprint density at radius 1 is 0.750 bits per heavy atom. The molecule has 24 heavy (non-hydrogen) atoms. The molecule has 2 rings (SSSR count). The highest BCUT2D eigenvalue weighted by molar-refractivity contribution is 5.68. The van der Waals surface area contributed by atoms with Gasteiger partial charge in [0.15, 0.2) is 0 Å². The average Bonchev–Trinajstić information content (AvgIpc) is 2.50. The molecular formula is C17H14F4O3. The fraction of sp³-hybridized carbons (Fsp3) is 0.235. The molecule has 0 spiro atoms. The van der Waals surface area contributed by atoms with Crippen molar-refractivity contribution < 1.29 is 31.8 Å². The maximum atomic E-state index is 12.5. The van der Waals surface area contributed by atoms with E-state index in [2.05, 4.69) is 0 Å². The highest BCUT2D eigenvalue weighted by atomic mass is 19.3. The predicted octanol–water partition coefficient (Wildman–Crippen LogP) is 4.88. The van der Waals surface area contributed by atoms with Gasteiger partial charge < -0.3 is 9.47 Å². The van der Waals surface area contributed by atoms with Crippen molar-refractivity contribution in [3.63, 3.8) is 0 Å². The summed E-state index contributed by atoms with van der Waals surface area (Å²) in [7, 11) is 0. The largest absolute Gasteiger partial charge is 0.519 e. The zero-order valence-electron chi connectivity index (χ0n) is 12.4. The Kier molecular flexibility index (Phi) is 6.17. The van der Waals surface area contributed by atoms with E-state index >= 15 is 0 Å². The van der Waals surface area contributed by atoms with Crippen molar-refractivity contribution in [2.45, 2.75) is 25.7 Å². The Morgan fingerprint density at radius 2 is 1.12 bits per heavy atom. The Bertz CT molecular complexity index is 632. The number of halogens is 4. The minimum absolute atomic E-state index is 0.0610.